The van der Waals surface area contributed by atoms with Crippen molar-refractivity contribution in [2.45, 2.75) is 4.90 Å². The van der Waals surface area contributed by atoms with Crippen molar-refractivity contribution in [2.75, 3.05) is 24.3 Å². The Bertz CT molecular complexity index is 1110. The number of hydrogen-bond acceptors (Lipinski definition) is 7. The summed E-state index contributed by atoms with van der Waals surface area (Å²) in [7, 11) is -3.70. The molecule has 0 spiro atoms. The van der Waals surface area contributed by atoms with E-state index in [1.165, 1.54) is 23.5 Å². The molecular weight excluding hydrogens is 400 g/mol. The third-order valence-corrected chi connectivity index (χ3v) is 6.40. The summed E-state index contributed by atoms with van der Waals surface area (Å²) >= 11 is 1.22. The minimum absolute atomic E-state index is 0.112. The number of carbonyl (C=O) groups is 1. The number of ether oxygens (including phenoxy) is 2. The molecule has 0 unspecified atom stereocenters. The SMILES string of the molecule is O=C(CS(=O)(=O)c1ccccc1)Nc1nc(-c2ccc3c(c2)OCCO3)cs1. The summed E-state index contributed by atoms with van der Waals surface area (Å²) in [5, 5.41) is 4.67. The summed E-state index contributed by atoms with van der Waals surface area (Å²) < 4.78 is 35.7. The molecule has 0 saturated carbocycles. The zero-order valence-electron chi connectivity index (χ0n) is 14.6. The number of nitrogens with zero attached hydrogens (tertiary/aromatic N) is 1. The monoisotopic (exact) mass is 416 g/mol. The van der Waals surface area contributed by atoms with Crippen LogP contribution in [0.1, 0.15) is 0 Å². The van der Waals surface area contributed by atoms with Gasteiger partial charge in [0.15, 0.2) is 26.5 Å². The number of anilines is 1. The highest BCUT2D eigenvalue weighted by Gasteiger charge is 2.20. The minimum Gasteiger partial charge on any atom is -0.486 e. The lowest BCUT2D eigenvalue weighted by molar-refractivity contribution is -0.113. The van der Waals surface area contributed by atoms with Crippen LogP contribution < -0.4 is 14.8 Å². The number of thiazole rings is 1. The molecule has 0 radical (unpaired) electrons. The van der Waals surface area contributed by atoms with Gasteiger partial charge in [0.1, 0.15) is 19.0 Å². The van der Waals surface area contributed by atoms with E-state index in [1.807, 2.05) is 18.2 Å². The molecule has 0 bridgehead atoms. The van der Waals surface area contributed by atoms with E-state index >= 15 is 0 Å². The lowest BCUT2D eigenvalue weighted by Gasteiger charge is -2.18. The summed E-state index contributed by atoms with van der Waals surface area (Å²) in [6.07, 6.45) is 0. The van der Waals surface area contributed by atoms with Crippen molar-refractivity contribution < 1.29 is 22.7 Å². The molecule has 28 heavy (non-hydrogen) atoms. The number of carbonyl (C=O) groups excluding carboxylic acids is 1. The molecule has 9 heteroatoms. The second-order valence-electron chi connectivity index (χ2n) is 6.02. The third kappa shape index (κ3) is 4.00. The van der Waals surface area contributed by atoms with E-state index in [0.29, 0.717) is 35.5 Å². The maximum Gasteiger partial charge on any atom is 0.241 e. The van der Waals surface area contributed by atoms with Crippen LogP contribution in [-0.2, 0) is 14.6 Å². The first kappa shape index (κ1) is 18.5. The molecule has 1 amide bonds. The number of rotatable bonds is 5. The van der Waals surface area contributed by atoms with Crippen LogP contribution in [0, 0.1) is 0 Å². The first-order valence-electron chi connectivity index (χ1n) is 8.44. The first-order chi connectivity index (χ1) is 13.5. The summed E-state index contributed by atoms with van der Waals surface area (Å²) in [5.41, 5.74) is 1.47. The summed E-state index contributed by atoms with van der Waals surface area (Å²) in [4.78, 5) is 16.7. The van der Waals surface area contributed by atoms with Crippen LogP contribution in [0.3, 0.4) is 0 Å². The van der Waals surface area contributed by atoms with Crippen LogP contribution in [0.2, 0.25) is 0 Å². The predicted octanol–water partition coefficient (Wildman–Crippen LogP) is 2.99. The molecule has 1 N–H and O–H groups in total. The van der Waals surface area contributed by atoms with Gasteiger partial charge in [-0.15, -0.1) is 11.3 Å². The molecule has 7 nitrogen and oxygen atoms in total. The lowest BCUT2D eigenvalue weighted by Crippen LogP contribution is -2.22. The number of sulfone groups is 1. The van der Waals surface area contributed by atoms with Crippen LogP contribution in [0.25, 0.3) is 11.3 Å². The number of amides is 1. The maximum absolute atomic E-state index is 12.3. The molecule has 2 heterocycles. The van der Waals surface area contributed by atoms with Gasteiger partial charge in [-0.1, -0.05) is 18.2 Å². The van der Waals surface area contributed by atoms with E-state index in [1.54, 1.807) is 23.6 Å². The number of nitrogens with one attached hydrogen (secondary N) is 1. The Balaban J connectivity index is 1.46. The molecule has 3 aromatic rings. The first-order valence-corrected chi connectivity index (χ1v) is 11.0. The lowest BCUT2D eigenvalue weighted by atomic mass is 10.1. The number of fused-ring (bicyclic) bond motifs is 1. The second-order valence-corrected chi connectivity index (χ2v) is 8.86. The summed E-state index contributed by atoms with van der Waals surface area (Å²) in [6.45, 7) is 1.01. The Labute approximate surface area is 165 Å². The van der Waals surface area contributed by atoms with Crippen LogP contribution >= 0.6 is 11.3 Å². The number of aromatic nitrogens is 1. The fraction of sp³-hybridized carbons (Fsp3) is 0.158. The third-order valence-electron chi connectivity index (χ3n) is 4.01. The fourth-order valence-corrected chi connectivity index (χ4v) is 4.60. The highest BCUT2D eigenvalue weighted by Crippen LogP contribution is 2.35. The van der Waals surface area contributed by atoms with Gasteiger partial charge < -0.3 is 14.8 Å². The standard InChI is InChI=1S/C19H16N2O5S2/c22-18(12-28(23,24)14-4-2-1-3-5-14)21-19-20-15(11-27-19)13-6-7-16-17(10-13)26-9-8-25-16/h1-7,10-11H,8-9,12H2,(H,20,21,22). The van der Waals surface area contributed by atoms with E-state index < -0.39 is 21.5 Å². The van der Waals surface area contributed by atoms with Gasteiger partial charge >= 0.3 is 0 Å². The molecule has 4 rings (SSSR count). The Morgan fingerprint density at radius 2 is 1.82 bits per heavy atom. The van der Waals surface area contributed by atoms with E-state index in [0.717, 1.165) is 5.56 Å². The van der Waals surface area contributed by atoms with Crippen molar-refractivity contribution in [1.29, 1.82) is 0 Å². The average molecular weight is 416 g/mol. The normalized spacial score (nSPS) is 13.1. The largest absolute Gasteiger partial charge is 0.486 e. The van der Waals surface area contributed by atoms with Crippen LogP contribution in [-0.4, -0.2) is 38.3 Å². The zero-order chi connectivity index (χ0) is 19.6. The smallest absolute Gasteiger partial charge is 0.241 e. The second kappa shape index (κ2) is 7.61. The van der Waals surface area contributed by atoms with Gasteiger partial charge in [0.2, 0.25) is 5.91 Å². The Morgan fingerprint density at radius 3 is 2.61 bits per heavy atom. The number of hydrogen-bond donors (Lipinski definition) is 1. The molecular formula is C19H16N2O5S2. The Kier molecular flexibility index (Phi) is 5.01. The van der Waals surface area contributed by atoms with Gasteiger partial charge in [-0.05, 0) is 30.3 Å². The molecule has 0 saturated heterocycles. The molecule has 0 aliphatic carbocycles. The van der Waals surface area contributed by atoms with E-state index in [4.69, 9.17) is 9.47 Å². The molecule has 2 aromatic carbocycles. The number of benzene rings is 2. The molecule has 1 aromatic heterocycles. The Morgan fingerprint density at radius 1 is 1.07 bits per heavy atom. The van der Waals surface area contributed by atoms with Crippen LogP contribution in [0.5, 0.6) is 11.5 Å². The highest BCUT2D eigenvalue weighted by molar-refractivity contribution is 7.92. The predicted molar refractivity (Wildman–Crippen MR) is 106 cm³/mol. The average Bonchev–Trinajstić information content (AvgIpc) is 3.16. The van der Waals surface area contributed by atoms with Crippen molar-refractivity contribution >= 4 is 32.2 Å². The molecule has 144 valence electrons. The van der Waals surface area contributed by atoms with Gasteiger partial charge in [-0.2, -0.15) is 0 Å². The van der Waals surface area contributed by atoms with Crippen molar-refractivity contribution in [3.63, 3.8) is 0 Å². The molecule has 1 aliphatic heterocycles. The van der Waals surface area contributed by atoms with Crippen molar-refractivity contribution in [3.05, 3.63) is 53.9 Å². The zero-order valence-corrected chi connectivity index (χ0v) is 16.3. The quantitative estimate of drug-likeness (QED) is 0.687. The van der Waals surface area contributed by atoms with Crippen LogP contribution in [0.15, 0.2) is 58.8 Å². The van der Waals surface area contributed by atoms with E-state index in [9.17, 15) is 13.2 Å². The highest BCUT2D eigenvalue weighted by atomic mass is 32.2. The van der Waals surface area contributed by atoms with E-state index in [2.05, 4.69) is 10.3 Å². The van der Waals surface area contributed by atoms with Crippen molar-refractivity contribution in [3.8, 4) is 22.8 Å². The van der Waals surface area contributed by atoms with E-state index in [-0.39, 0.29) is 4.90 Å². The summed E-state index contributed by atoms with van der Waals surface area (Å²) in [6, 6.07) is 13.4. The van der Waals surface area contributed by atoms with Gasteiger partial charge in [0.25, 0.3) is 0 Å². The molecule has 0 atom stereocenters. The van der Waals surface area contributed by atoms with Gasteiger partial charge in [-0.25, -0.2) is 13.4 Å². The summed E-state index contributed by atoms with van der Waals surface area (Å²) in [5.74, 6) is 0.0590. The maximum atomic E-state index is 12.3. The molecule has 1 aliphatic rings. The van der Waals surface area contributed by atoms with Crippen LogP contribution in [0.4, 0.5) is 5.13 Å². The minimum atomic E-state index is -3.70. The topological polar surface area (TPSA) is 94.6 Å². The van der Waals surface area contributed by atoms with Crippen molar-refractivity contribution in [1.82, 2.24) is 4.98 Å². The fourth-order valence-electron chi connectivity index (χ4n) is 2.71. The van der Waals surface area contributed by atoms with Gasteiger partial charge in [0.05, 0.1) is 10.6 Å². The van der Waals surface area contributed by atoms with Gasteiger partial charge in [-0.3, -0.25) is 4.79 Å². The molecule has 0 fully saturated rings. The van der Waals surface area contributed by atoms with Crippen molar-refractivity contribution in [2.24, 2.45) is 0 Å². The van der Waals surface area contributed by atoms with Gasteiger partial charge in [0, 0.05) is 10.9 Å². The Hall–Kier alpha value is -2.91.